The molecular formula is C27H29N5O. The van der Waals surface area contributed by atoms with Crippen LogP contribution in [0.3, 0.4) is 0 Å². The van der Waals surface area contributed by atoms with E-state index in [0.29, 0.717) is 6.54 Å². The molecule has 33 heavy (non-hydrogen) atoms. The fourth-order valence-electron chi connectivity index (χ4n) is 4.63. The molecule has 0 aliphatic carbocycles. The number of rotatable bonds is 6. The quantitative estimate of drug-likeness (QED) is 0.486. The minimum Gasteiger partial charge on any atom is -0.352 e. The van der Waals surface area contributed by atoms with Gasteiger partial charge in [-0.3, -0.25) is 9.78 Å². The maximum atomic E-state index is 12.7. The van der Waals surface area contributed by atoms with Gasteiger partial charge in [0.25, 0.3) is 0 Å². The Morgan fingerprint density at radius 1 is 1.03 bits per heavy atom. The molecule has 168 valence electrons. The molecule has 0 atom stereocenters. The molecule has 0 saturated carbocycles. The van der Waals surface area contributed by atoms with Crippen LogP contribution in [0, 0.1) is 12.8 Å². The summed E-state index contributed by atoms with van der Waals surface area (Å²) in [5.41, 5.74) is 5.70. The van der Waals surface area contributed by atoms with Crippen molar-refractivity contribution in [3.05, 3.63) is 89.7 Å². The van der Waals surface area contributed by atoms with E-state index in [-0.39, 0.29) is 11.8 Å². The third kappa shape index (κ3) is 4.75. The number of aromatic nitrogens is 3. The van der Waals surface area contributed by atoms with E-state index in [1.54, 1.807) is 12.4 Å². The maximum absolute atomic E-state index is 12.7. The number of aryl methyl sites for hydroxylation is 1. The Balaban J connectivity index is 1.29. The van der Waals surface area contributed by atoms with E-state index in [0.717, 1.165) is 55.0 Å². The molecule has 6 nitrogen and oxygen atoms in total. The molecule has 1 amide bonds. The van der Waals surface area contributed by atoms with Gasteiger partial charge in [-0.2, -0.15) is 0 Å². The number of amides is 1. The van der Waals surface area contributed by atoms with Gasteiger partial charge in [0.2, 0.25) is 11.9 Å². The van der Waals surface area contributed by atoms with Gasteiger partial charge in [0, 0.05) is 37.9 Å². The van der Waals surface area contributed by atoms with Crippen LogP contribution in [0.15, 0.2) is 73.1 Å². The molecule has 1 fully saturated rings. The first-order chi connectivity index (χ1) is 16.2. The zero-order valence-electron chi connectivity index (χ0n) is 18.9. The van der Waals surface area contributed by atoms with Crippen molar-refractivity contribution in [2.75, 3.05) is 18.0 Å². The Bertz CT molecular complexity index is 1240. The summed E-state index contributed by atoms with van der Waals surface area (Å²) in [7, 11) is 0. The molecule has 6 heteroatoms. The van der Waals surface area contributed by atoms with E-state index in [9.17, 15) is 4.79 Å². The van der Waals surface area contributed by atoms with E-state index in [1.807, 2.05) is 18.2 Å². The van der Waals surface area contributed by atoms with Crippen LogP contribution in [0.25, 0.3) is 11.0 Å². The molecular weight excluding hydrogens is 410 g/mol. The molecule has 0 bridgehead atoms. The number of carbonyl (C=O) groups excluding carboxylic acids is 1. The molecule has 2 aromatic carbocycles. The summed E-state index contributed by atoms with van der Waals surface area (Å²) in [6, 6.07) is 20.8. The third-order valence-electron chi connectivity index (χ3n) is 6.40. The van der Waals surface area contributed by atoms with Gasteiger partial charge < -0.3 is 14.8 Å². The molecule has 1 aliphatic heterocycles. The lowest BCUT2D eigenvalue weighted by Crippen LogP contribution is -2.41. The summed E-state index contributed by atoms with van der Waals surface area (Å²) >= 11 is 0. The third-order valence-corrected chi connectivity index (χ3v) is 6.40. The number of nitrogens with one attached hydrogen (secondary N) is 1. The number of para-hydroxylation sites is 2. The minimum atomic E-state index is 0.0347. The summed E-state index contributed by atoms with van der Waals surface area (Å²) < 4.78 is 2.31. The van der Waals surface area contributed by atoms with E-state index in [4.69, 9.17) is 4.98 Å². The lowest BCUT2D eigenvalue weighted by Gasteiger charge is -2.32. The van der Waals surface area contributed by atoms with Crippen LogP contribution < -0.4 is 10.2 Å². The number of benzene rings is 2. The van der Waals surface area contributed by atoms with Crippen LogP contribution in [0.1, 0.15) is 29.5 Å². The Hall–Kier alpha value is -3.67. The highest BCUT2D eigenvalue weighted by molar-refractivity contribution is 5.80. The number of nitrogens with zero attached hydrogens (tertiary/aromatic N) is 4. The van der Waals surface area contributed by atoms with Gasteiger partial charge in [0.05, 0.1) is 17.6 Å². The zero-order valence-corrected chi connectivity index (χ0v) is 18.9. The summed E-state index contributed by atoms with van der Waals surface area (Å²) in [4.78, 5) is 24.2. The molecule has 1 aliphatic rings. The molecule has 0 spiro atoms. The van der Waals surface area contributed by atoms with Crippen molar-refractivity contribution in [1.82, 2.24) is 19.9 Å². The van der Waals surface area contributed by atoms with Crippen molar-refractivity contribution in [2.45, 2.75) is 32.9 Å². The number of pyridine rings is 1. The molecule has 5 rings (SSSR count). The van der Waals surface area contributed by atoms with E-state index >= 15 is 0 Å². The van der Waals surface area contributed by atoms with Crippen LogP contribution in [-0.2, 0) is 17.9 Å². The van der Waals surface area contributed by atoms with Crippen molar-refractivity contribution in [3.63, 3.8) is 0 Å². The molecule has 0 unspecified atom stereocenters. The van der Waals surface area contributed by atoms with Crippen LogP contribution in [0.2, 0.25) is 0 Å². The highest BCUT2D eigenvalue weighted by Gasteiger charge is 2.27. The summed E-state index contributed by atoms with van der Waals surface area (Å²) in [5, 5.41) is 3.08. The molecule has 4 aromatic rings. The number of hydrogen-bond acceptors (Lipinski definition) is 4. The standard InChI is InChI=1S/C27H29N5O/c1-20-6-4-7-21(16-20)19-32-25-10-3-2-9-24(25)30-27(32)31-14-11-23(12-15-31)26(33)29-18-22-8-5-13-28-17-22/h2-10,13,16-17,23H,11-12,14-15,18-19H2,1H3,(H,29,33). The zero-order chi connectivity index (χ0) is 22.6. The van der Waals surface area contributed by atoms with Gasteiger partial charge in [-0.25, -0.2) is 4.98 Å². The Kier molecular flexibility index (Phi) is 6.07. The molecule has 1 saturated heterocycles. The van der Waals surface area contributed by atoms with Crippen molar-refractivity contribution < 1.29 is 4.79 Å². The van der Waals surface area contributed by atoms with Crippen LogP contribution in [0.4, 0.5) is 5.95 Å². The van der Waals surface area contributed by atoms with Crippen LogP contribution in [0.5, 0.6) is 0 Å². The lowest BCUT2D eigenvalue weighted by atomic mass is 9.96. The number of imidazole rings is 1. The normalized spacial score (nSPS) is 14.5. The number of hydrogen-bond donors (Lipinski definition) is 1. The second-order valence-corrected chi connectivity index (χ2v) is 8.82. The van der Waals surface area contributed by atoms with Crippen molar-refractivity contribution in [1.29, 1.82) is 0 Å². The summed E-state index contributed by atoms with van der Waals surface area (Å²) in [6.45, 7) is 5.08. The first-order valence-electron chi connectivity index (χ1n) is 11.6. The van der Waals surface area contributed by atoms with Gasteiger partial charge in [0.15, 0.2) is 0 Å². The number of carbonyl (C=O) groups is 1. The maximum Gasteiger partial charge on any atom is 0.223 e. The monoisotopic (exact) mass is 439 g/mol. The second kappa shape index (κ2) is 9.45. The Morgan fingerprint density at radius 3 is 2.64 bits per heavy atom. The fourth-order valence-corrected chi connectivity index (χ4v) is 4.63. The van der Waals surface area contributed by atoms with Gasteiger partial charge in [-0.15, -0.1) is 0 Å². The molecule has 0 radical (unpaired) electrons. The topological polar surface area (TPSA) is 63.1 Å². The van der Waals surface area contributed by atoms with Crippen molar-refractivity contribution in [3.8, 4) is 0 Å². The number of anilines is 1. The largest absolute Gasteiger partial charge is 0.352 e. The van der Waals surface area contributed by atoms with E-state index < -0.39 is 0 Å². The van der Waals surface area contributed by atoms with Gasteiger partial charge in [-0.1, -0.05) is 48.0 Å². The van der Waals surface area contributed by atoms with Gasteiger partial charge >= 0.3 is 0 Å². The van der Waals surface area contributed by atoms with E-state index in [1.165, 1.54) is 11.1 Å². The predicted octanol–water partition coefficient (Wildman–Crippen LogP) is 4.32. The summed E-state index contributed by atoms with van der Waals surface area (Å²) in [5.74, 6) is 1.16. The smallest absolute Gasteiger partial charge is 0.223 e. The van der Waals surface area contributed by atoms with Crippen LogP contribution >= 0.6 is 0 Å². The predicted molar refractivity (Wildman–Crippen MR) is 131 cm³/mol. The number of fused-ring (bicyclic) bond motifs is 1. The average molecular weight is 440 g/mol. The molecule has 1 N–H and O–H groups in total. The average Bonchev–Trinajstić information content (AvgIpc) is 3.21. The Morgan fingerprint density at radius 2 is 1.85 bits per heavy atom. The highest BCUT2D eigenvalue weighted by atomic mass is 16.1. The highest BCUT2D eigenvalue weighted by Crippen LogP contribution is 2.28. The van der Waals surface area contributed by atoms with Crippen LogP contribution in [-0.4, -0.2) is 33.5 Å². The minimum absolute atomic E-state index is 0.0347. The fraction of sp³-hybridized carbons (Fsp3) is 0.296. The lowest BCUT2D eigenvalue weighted by molar-refractivity contribution is -0.125. The first-order valence-corrected chi connectivity index (χ1v) is 11.6. The van der Waals surface area contributed by atoms with Gasteiger partial charge in [-0.05, 0) is 49.1 Å². The van der Waals surface area contributed by atoms with Crippen molar-refractivity contribution in [2.24, 2.45) is 5.92 Å². The van der Waals surface area contributed by atoms with E-state index in [2.05, 4.69) is 69.2 Å². The first kappa shape index (κ1) is 21.2. The Labute approximate surface area is 194 Å². The molecule has 2 aromatic heterocycles. The van der Waals surface area contributed by atoms with Crippen molar-refractivity contribution >= 4 is 22.9 Å². The molecule has 3 heterocycles. The SMILES string of the molecule is Cc1cccc(Cn2c(N3CCC(C(=O)NCc4cccnc4)CC3)nc3ccccc32)c1. The second-order valence-electron chi connectivity index (χ2n) is 8.82. The summed E-state index contributed by atoms with van der Waals surface area (Å²) in [6.07, 6.45) is 5.19. The van der Waals surface area contributed by atoms with Gasteiger partial charge in [0.1, 0.15) is 0 Å². The number of piperidine rings is 1.